The zero-order chi connectivity index (χ0) is 47.3. The van der Waals surface area contributed by atoms with Crippen molar-refractivity contribution in [3.8, 4) is 11.1 Å². The first-order chi connectivity index (χ1) is 29.2. The summed E-state index contributed by atoms with van der Waals surface area (Å²) in [6.45, 7) is 16.5. The maximum Gasteiger partial charge on any atom is 0.329 e. The molecule has 1 heterocycles. The third-order valence-corrected chi connectivity index (χ3v) is 9.43. The van der Waals surface area contributed by atoms with E-state index in [0.717, 1.165) is 29.5 Å². The molecule has 0 saturated carbocycles. The van der Waals surface area contributed by atoms with Crippen LogP contribution in [0.2, 0.25) is 0 Å². The van der Waals surface area contributed by atoms with Crippen LogP contribution >= 0.6 is 0 Å². The Hall–Kier alpha value is -5.68. The molecule has 0 bridgehead atoms. The van der Waals surface area contributed by atoms with Gasteiger partial charge >= 0.3 is 11.9 Å². The Bertz CT molecular complexity index is 2050. The molecule has 15 nitrogen and oxygen atoms in total. The number of nitrogens with two attached hydrogens (primary N) is 2. The van der Waals surface area contributed by atoms with Gasteiger partial charge in [0.15, 0.2) is 0 Å². The van der Waals surface area contributed by atoms with E-state index in [9.17, 15) is 33.2 Å². The second-order valence-corrected chi connectivity index (χ2v) is 18.6. The van der Waals surface area contributed by atoms with Gasteiger partial charge in [-0.05, 0) is 96.2 Å². The van der Waals surface area contributed by atoms with Crippen LogP contribution in [0, 0.1) is 17.0 Å². The van der Waals surface area contributed by atoms with Crippen LogP contribution in [-0.2, 0) is 44.8 Å². The number of primary amides is 1. The summed E-state index contributed by atoms with van der Waals surface area (Å²) in [5.41, 5.74) is 11.4. The Kier molecular flexibility index (Phi) is 18.5. The molecular weight excluding hydrogens is 817 g/mol. The molecule has 0 aliphatic carbocycles. The second kappa shape index (κ2) is 22.6. The maximum absolute atomic E-state index is 15.1. The van der Waals surface area contributed by atoms with E-state index >= 15 is 4.39 Å². The van der Waals surface area contributed by atoms with Crippen LogP contribution < -0.4 is 32.7 Å². The van der Waals surface area contributed by atoms with Crippen molar-refractivity contribution in [1.29, 1.82) is 0 Å². The van der Waals surface area contributed by atoms with Crippen LogP contribution in [0.1, 0.15) is 112 Å². The Balaban J connectivity index is 1.81. The number of aromatic nitrogens is 1. The van der Waals surface area contributed by atoms with Crippen molar-refractivity contribution in [3.05, 3.63) is 83.7 Å². The number of amides is 4. The first kappa shape index (κ1) is 51.7. The quantitative estimate of drug-likeness (QED) is 0.0810. The summed E-state index contributed by atoms with van der Waals surface area (Å²) in [4.78, 5) is 76.8. The van der Waals surface area contributed by atoms with Crippen molar-refractivity contribution < 1.29 is 47.0 Å². The highest BCUT2D eigenvalue weighted by Crippen LogP contribution is 2.37. The number of halogens is 2. The molecule has 0 radical (unpaired) electrons. The fourth-order valence-corrected chi connectivity index (χ4v) is 6.60. The van der Waals surface area contributed by atoms with Gasteiger partial charge in [0.1, 0.15) is 34.9 Å². The second-order valence-electron chi connectivity index (χ2n) is 18.6. The molecule has 1 aromatic heterocycles. The van der Waals surface area contributed by atoms with E-state index < -0.39 is 94.4 Å². The van der Waals surface area contributed by atoms with Crippen LogP contribution in [0.5, 0.6) is 0 Å². The van der Waals surface area contributed by atoms with Crippen LogP contribution in [0.15, 0.2) is 60.8 Å². The molecule has 0 aliphatic heterocycles. The molecule has 2 aromatic carbocycles. The van der Waals surface area contributed by atoms with E-state index in [-0.39, 0.29) is 44.3 Å². The minimum absolute atomic E-state index is 0.00972. The lowest BCUT2D eigenvalue weighted by Gasteiger charge is -2.33. The molecule has 8 N–H and O–H groups in total. The molecule has 0 spiro atoms. The van der Waals surface area contributed by atoms with Crippen LogP contribution in [-0.4, -0.2) is 82.6 Å². The van der Waals surface area contributed by atoms with Gasteiger partial charge in [0.05, 0.1) is 18.5 Å². The molecule has 0 aliphatic rings. The summed E-state index contributed by atoms with van der Waals surface area (Å²) in [6, 6.07) is 10.5. The maximum atomic E-state index is 15.1. The molecule has 0 fully saturated rings. The van der Waals surface area contributed by atoms with Gasteiger partial charge in [-0.1, -0.05) is 51.1 Å². The molecule has 0 unspecified atom stereocenters. The SMILES string of the molecule is CC(C)(C)OC(=O)CC[C@@H](NC(=O)CCNC(=O)[C@H](CCN[C@@H](c1cc(-c2cc(F)ccc2F)cn1Cc1ccccc1)C(C)(C)C)NC(=O)[C@H](N)CC(N)=O)C(=O)OC(C)(C)C. The third-order valence-electron chi connectivity index (χ3n) is 9.43. The van der Waals surface area contributed by atoms with Gasteiger partial charge in [-0.2, -0.15) is 0 Å². The lowest BCUT2D eigenvalue weighted by Crippen LogP contribution is -2.53. The van der Waals surface area contributed by atoms with E-state index in [1.165, 1.54) is 0 Å². The monoisotopic (exact) mass is 881 g/mol. The highest BCUT2D eigenvalue weighted by Gasteiger charge is 2.32. The van der Waals surface area contributed by atoms with Crippen molar-refractivity contribution in [1.82, 2.24) is 25.8 Å². The number of carbonyl (C=O) groups excluding carboxylic acids is 6. The van der Waals surface area contributed by atoms with E-state index in [4.69, 9.17) is 20.9 Å². The third kappa shape index (κ3) is 17.9. The average molecular weight is 882 g/mol. The minimum atomic E-state index is -1.34. The minimum Gasteiger partial charge on any atom is -0.460 e. The topological polar surface area (TPSA) is 226 Å². The molecule has 346 valence electrons. The number of benzene rings is 2. The van der Waals surface area contributed by atoms with Crippen molar-refractivity contribution in [3.63, 3.8) is 0 Å². The first-order valence-electron chi connectivity index (χ1n) is 21.0. The van der Waals surface area contributed by atoms with Crippen LogP contribution in [0.4, 0.5) is 8.78 Å². The van der Waals surface area contributed by atoms with Crippen LogP contribution in [0.25, 0.3) is 11.1 Å². The highest BCUT2D eigenvalue weighted by molar-refractivity contribution is 5.92. The predicted octanol–water partition coefficient (Wildman–Crippen LogP) is 4.69. The fourth-order valence-electron chi connectivity index (χ4n) is 6.60. The lowest BCUT2D eigenvalue weighted by molar-refractivity contribution is -0.160. The number of hydrogen-bond acceptors (Lipinski definition) is 10. The van der Waals surface area contributed by atoms with Gasteiger partial charge in [-0.25, -0.2) is 13.6 Å². The summed E-state index contributed by atoms with van der Waals surface area (Å²) in [5.74, 6) is -5.38. The van der Waals surface area contributed by atoms with Crippen LogP contribution in [0.3, 0.4) is 0 Å². The summed E-state index contributed by atoms with van der Waals surface area (Å²) >= 11 is 0. The molecule has 4 amide bonds. The fraction of sp³-hybridized carbons (Fsp3) is 0.522. The summed E-state index contributed by atoms with van der Waals surface area (Å²) in [7, 11) is 0. The van der Waals surface area contributed by atoms with Crippen molar-refractivity contribution in [2.24, 2.45) is 16.9 Å². The van der Waals surface area contributed by atoms with Crippen molar-refractivity contribution in [2.75, 3.05) is 13.1 Å². The molecule has 4 atom stereocenters. The lowest BCUT2D eigenvalue weighted by atomic mass is 9.84. The normalized spacial score (nSPS) is 13.8. The summed E-state index contributed by atoms with van der Waals surface area (Å²) < 4.78 is 42.2. The Morgan fingerprint density at radius 1 is 0.762 bits per heavy atom. The van der Waals surface area contributed by atoms with Gasteiger partial charge in [0, 0.05) is 48.9 Å². The molecule has 3 aromatic rings. The number of rotatable bonds is 21. The summed E-state index contributed by atoms with van der Waals surface area (Å²) in [5, 5.41) is 11.3. The summed E-state index contributed by atoms with van der Waals surface area (Å²) in [6.07, 6.45) is 0.762. The number of carbonyl (C=O) groups is 6. The Morgan fingerprint density at radius 3 is 2.02 bits per heavy atom. The number of ether oxygens (including phenoxy) is 2. The van der Waals surface area contributed by atoms with Gasteiger partial charge in [-0.3, -0.25) is 24.0 Å². The molecular formula is C46H65F2N7O8. The first-order valence-corrected chi connectivity index (χ1v) is 21.0. The number of hydrogen-bond donors (Lipinski definition) is 6. The van der Waals surface area contributed by atoms with Gasteiger partial charge < -0.3 is 46.8 Å². The van der Waals surface area contributed by atoms with Gasteiger partial charge in [0.25, 0.3) is 0 Å². The standard InChI is InChI=1S/C46H65F2N7O8/c1-44(2,3)40(36-23-29(31-24-30(47)15-16-32(31)48)27-55(36)26-28-13-11-10-12-14-28)51-21-19-34(54-41(59)33(49)25-37(50)56)42(60)52-22-20-38(57)53-35(43(61)63-46(7,8)9)17-18-39(58)62-45(4,5)6/h10-16,23-24,27,33-35,40,51H,17-22,25-26,49H2,1-9H3,(H2,50,56)(H,52,60)(H,53,57)(H,54,59)/t33-,34+,35-,40+/m1/s1. The highest BCUT2D eigenvalue weighted by atomic mass is 19.1. The van der Waals surface area contributed by atoms with Crippen molar-refractivity contribution >= 4 is 35.6 Å². The van der Waals surface area contributed by atoms with E-state index in [1.54, 1.807) is 53.8 Å². The molecule has 17 heteroatoms. The smallest absolute Gasteiger partial charge is 0.329 e. The number of nitrogens with one attached hydrogen (secondary N) is 4. The van der Waals surface area contributed by atoms with Gasteiger partial charge in [-0.15, -0.1) is 0 Å². The van der Waals surface area contributed by atoms with Gasteiger partial charge in [0.2, 0.25) is 23.6 Å². The molecule has 0 saturated heterocycles. The van der Waals surface area contributed by atoms with E-state index in [0.29, 0.717) is 12.1 Å². The van der Waals surface area contributed by atoms with Crippen molar-refractivity contribution in [2.45, 2.75) is 136 Å². The largest absolute Gasteiger partial charge is 0.460 e. The number of nitrogens with zero attached hydrogens (tertiary/aromatic N) is 1. The zero-order valence-corrected chi connectivity index (χ0v) is 37.9. The Labute approximate surface area is 368 Å². The Morgan fingerprint density at radius 2 is 1.41 bits per heavy atom. The average Bonchev–Trinajstić information content (AvgIpc) is 3.55. The zero-order valence-electron chi connectivity index (χ0n) is 37.9. The molecule has 3 rings (SSSR count). The predicted molar refractivity (Wildman–Crippen MR) is 234 cm³/mol. The number of esters is 2. The van der Waals surface area contributed by atoms with E-state index in [1.807, 2.05) is 55.7 Å². The molecule has 63 heavy (non-hydrogen) atoms. The van der Waals surface area contributed by atoms with E-state index in [2.05, 4.69) is 21.3 Å².